The van der Waals surface area contributed by atoms with Gasteiger partial charge in [0, 0.05) is 19.3 Å². The summed E-state index contributed by atoms with van der Waals surface area (Å²) >= 11 is 0. The molecule has 4 heterocycles. The molecule has 1 saturated heterocycles. The smallest absolute Gasteiger partial charge is 0.407 e. The van der Waals surface area contributed by atoms with Gasteiger partial charge in [-0.1, -0.05) is 0 Å². The summed E-state index contributed by atoms with van der Waals surface area (Å²) in [5.74, 6) is 0.871. The fourth-order valence-corrected chi connectivity index (χ4v) is 3.22. The van der Waals surface area contributed by atoms with Gasteiger partial charge >= 0.3 is 6.09 Å². The number of rotatable bonds is 2. The number of imidazole rings is 1. The monoisotopic (exact) mass is 342 g/mol. The number of anilines is 1. The zero-order valence-electron chi connectivity index (χ0n) is 14.6. The van der Waals surface area contributed by atoms with Gasteiger partial charge in [-0.05, 0) is 33.3 Å². The molecule has 132 valence electrons. The van der Waals surface area contributed by atoms with Crippen LogP contribution in [0.25, 0.3) is 16.7 Å². The maximum atomic E-state index is 12.0. The number of aromatic nitrogens is 4. The van der Waals surface area contributed by atoms with E-state index in [1.807, 2.05) is 45.4 Å². The van der Waals surface area contributed by atoms with Crippen molar-refractivity contribution in [2.24, 2.45) is 0 Å². The van der Waals surface area contributed by atoms with Gasteiger partial charge in [0.2, 0.25) is 5.95 Å². The van der Waals surface area contributed by atoms with E-state index < -0.39 is 5.60 Å². The third-order valence-corrected chi connectivity index (χ3v) is 4.23. The van der Waals surface area contributed by atoms with E-state index in [2.05, 4.69) is 29.6 Å². The summed E-state index contributed by atoms with van der Waals surface area (Å²) in [5, 5.41) is 2.95. The van der Waals surface area contributed by atoms with Crippen LogP contribution in [0.4, 0.5) is 10.7 Å². The molecule has 3 aromatic heterocycles. The van der Waals surface area contributed by atoms with E-state index >= 15 is 0 Å². The van der Waals surface area contributed by atoms with Crippen molar-refractivity contribution in [3.05, 3.63) is 24.7 Å². The molecule has 3 aromatic rings. The van der Waals surface area contributed by atoms with Crippen molar-refractivity contribution >= 4 is 28.7 Å². The van der Waals surface area contributed by atoms with E-state index in [4.69, 9.17) is 4.74 Å². The maximum Gasteiger partial charge on any atom is 0.407 e. The highest BCUT2D eigenvalue weighted by molar-refractivity contribution is 5.77. The van der Waals surface area contributed by atoms with Crippen molar-refractivity contribution in [2.45, 2.75) is 38.8 Å². The summed E-state index contributed by atoms with van der Waals surface area (Å²) in [6.45, 7) is 7.11. The van der Waals surface area contributed by atoms with Gasteiger partial charge in [-0.15, -0.1) is 0 Å². The quantitative estimate of drug-likeness (QED) is 0.746. The Morgan fingerprint density at radius 1 is 1.36 bits per heavy atom. The summed E-state index contributed by atoms with van der Waals surface area (Å²) in [5.41, 5.74) is 2.28. The van der Waals surface area contributed by atoms with Gasteiger partial charge < -0.3 is 19.9 Å². The number of aromatic amines is 1. The molecule has 1 unspecified atom stereocenters. The highest BCUT2D eigenvalue weighted by atomic mass is 16.6. The summed E-state index contributed by atoms with van der Waals surface area (Å²) in [7, 11) is 0. The summed E-state index contributed by atoms with van der Waals surface area (Å²) in [6, 6.07) is 2.04. The van der Waals surface area contributed by atoms with Crippen molar-refractivity contribution in [1.29, 1.82) is 0 Å². The van der Waals surface area contributed by atoms with Crippen LogP contribution in [-0.2, 0) is 4.74 Å². The van der Waals surface area contributed by atoms with Gasteiger partial charge in [0.05, 0.1) is 29.5 Å². The number of hydrogen-bond donors (Lipinski definition) is 2. The second-order valence-electron chi connectivity index (χ2n) is 7.37. The lowest BCUT2D eigenvalue weighted by Gasteiger charge is -2.22. The molecule has 8 nitrogen and oxygen atoms in total. The molecule has 1 fully saturated rings. The van der Waals surface area contributed by atoms with Crippen LogP contribution in [0.3, 0.4) is 0 Å². The van der Waals surface area contributed by atoms with Crippen LogP contribution in [0.1, 0.15) is 27.2 Å². The summed E-state index contributed by atoms with van der Waals surface area (Å²) in [4.78, 5) is 26.2. The van der Waals surface area contributed by atoms with Gasteiger partial charge in [-0.3, -0.25) is 4.40 Å². The van der Waals surface area contributed by atoms with Crippen LogP contribution in [0.2, 0.25) is 0 Å². The van der Waals surface area contributed by atoms with Crippen molar-refractivity contribution in [2.75, 3.05) is 18.0 Å². The molecule has 0 saturated carbocycles. The number of amides is 1. The highest BCUT2D eigenvalue weighted by Gasteiger charge is 2.28. The Hall–Kier alpha value is -2.77. The van der Waals surface area contributed by atoms with Crippen LogP contribution in [0.5, 0.6) is 0 Å². The van der Waals surface area contributed by atoms with Gasteiger partial charge in [-0.25, -0.2) is 14.8 Å². The molecule has 0 bridgehead atoms. The Morgan fingerprint density at radius 3 is 2.96 bits per heavy atom. The predicted molar refractivity (Wildman–Crippen MR) is 94.8 cm³/mol. The van der Waals surface area contributed by atoms with Gasteiger partial charge in [0.25, 0.3) is 0 Å². The molecule has 4 rings (SSSR count). The number of ether oxygens (including phenoxy) is 1. The van der Waals surface area contributed by atoms with E-state index in [0.717, 1.165) is 35.6 Å². The molecule has 0 aromatic carbocycles. The van der Waals surface area contributed by atoms with Crippen molar-refractivity contribution in [3.8, 4) is 0 Å². The first-order valence-electron chi connectivity index (χ1n) is 8.45. The van der Waals surface area contributed by atoms with Crippen LogP contribution >= 0.6 is 0 Å². The molecule has 8 heteroatoms. The molecule has 2 N–H and O–H groups in total. The van der Waals surface area contributed by atoms with Crippen molar-refractivity contribution in [3.63, 3.8) is 0 Å². The Bertz CT molecular complexity index is 922. The Kier molecular flexibility index (Phi) is 3.55. The molecule has 25 heavy (non-hydrogen) atoms. The summed E-state index contributed by atoms with van der Waals surface area (Å²) < 4.78 is 7.43. The molecule has 0 spiro atoms. The standard InChI is InChI=1S/C17H22N6O2/c1-17(2,3)25-16(24)21-11-5-7-22(10-11)15-20-9-12-8-19-14-13(23(12)15)4-6-18-14/h4,6,8-9,11,18H,5,7,10H2,1-3H3,(H,21,24). The second-order valence-corrected chi connectivity index (χ2v) is 7.37. The average molecular weight is 342 g/mol. The largest absolute Gasteiger partial charge is 0.444 e. The van der Waals surface area contributed by atoms with Gasteiger partial charge in [-0.2, -0.15) is 0 Å². The zero-order chi connectivity index (χ0) is 17.6. The van der Waals surface area contributed by atoms with Crippen LogP contribution < -0.4 is 10.2 Å². The molecule has 1 aliphatic heterocycles. The van der Waals surface area contributed by atoms with Crippen LogP contribution in [0, 0.1) is 0 Å². The molecule has 0 radical (unpaired) electrons. The second kappa shape index (κ2) is 5.65. The summed E-state index contributed by atoms with van der Waals surface area (Å²) in [6.07, 6.45) is 5.99. The molecule has 1 aliphatic rings. The van der Waals surface area contributed by atoms with E-state index in [9.17, 15) is 4.79 Å². The topological polar surface area (TPSA) is 87.5 Å². The number of fused-ring (bicyclic) bond motifs is 3. The lowest BCUT2D eigenvalue weighted by Crippen LogP contribution is -2.40. The van der Waals surface area contributed by atoms with Gasteiger partial charge in [0.15, 0.2) is 5.65 Å². The predicted octanol–water partition coefficient (Wildman–Crippen LogP) is 2.31. The number of hydrogen-bond acceptors (Lipinski definition) is 5. The number of alkyl carbamates (subject to hydrolysis) is 1. The van der Waals surface area contributed by atoms with Crippen LogP contribution in [-0.4, -0.2) is 50.2 Å². The SMILES string of the molecule is CC(C)(C)OC(=O)NC1CCN(c2ncc3cnc4[nH]ccc4n23)C1. The molecular formula is C17H22N6O2. The number of carbonyl (C=O) groups is 1. The normalized spacial score (nSPS) is 18.2. The fraction of sp³-hybridized carbons (Fsp3) is 0.471. The molecule has 0 aliphatic carbocycles. The van der Waals surface area contributed by atoms with E-state index in [0.29, 0.717) is 6.54 Å². The van der Waals surface area contributed by atoms with Crippen LogP contribution in [0.15, 0.2) is 24.7 Å². The zero-order valence-corrected chi connectivity index (χ0v) is 14.6. The van der Waals surface area contributed by atoms with E-state index in [1.165, 1.54) is 0 Å². The Morgan fingerprint density at radius 2 is 2.16 bits per heavy atom. The van der Waals surface area contributed by atoms with Crippen molar-refractivity contribution < 1.29 is 9.53 Å². The number of H-pyrrole nitrogens is 1. The molecule has 1 amide bonds. The molecular weight excluding hydrogens is 320 g/mol. The average Bonchev–Trinajstić information content (AvgIpc) is 3.22. The minimum atomic E-state index is -0.492. The minimum Gasteiger partial charge on any atom is -0.444 e. The lowest BCUT2D eigenvalue weighted by atomic mass is 10.2. The first-order chi connectivity index (χ1) is 11.9. The first-order valence-corrected chi connectivity index (χ1v) is 8.45. The third kappa shape index (κ3) is 2.99. The van der Waals surface area contributed by atoms with Gasteiger partial charge in [0.1, 0.15) is 5.60 Å². The number of nitrogens with one attached hydrogen (secondary N) is 2. The lowest BCUT2D eigenvalue weighted by molar-refractivity contribution is 0.0509. The number of nitrogens with zero attached hydrogens (tertiary/aromatic N) is 4. The minimum absolute atomic E-state index is 0.0470. The Labute approximate surface area is 145 Å². The molecule has 1 atom stereocenters. The third-order valence-electron chi connectivity index (χ3n) is 4.23. The number of carbonyl (C=O) groups excluding carboxylic acids is 1. The first kappa shape index (κ1) is 15.7. The highest BCUT2D eigenvalue weighted by Crippen LogP contribution is 2.24. The van der Waals surface area contributed by atoms with E-state index in [1.54, 1.807) is 0 Å². The Balaban J connectivity index is 1.53. The van der Waals surface area contributed by atoms with E-state index in [-0.39, 0.29) is 12.1 Å². The van der Waals surface area contributed by atoms with Crippen molar-refractivity contribution in [1.82, 2.24) is 24.7 Å². The fourth-order valence-electron chi connectivity index (χ4n) is 3.22. The maximum absolute atomic E-state index is 12.0.